The molecule has 1 aliphatic rings. The van der Waals surface area contributed by atoms with Gasteiger partial charge in [-0.05, 0) is 36.4 Å². The van der Waals surface area contributed by atoms with Crippen molar-refractivity contribution in [2.75, 3.05) is 12.0 Å². The molecule has 2 aromatic rings. The first kappa shape index (κ1) is 18.8. The number of ether oxygens (including phenoxy) is 1. The number of benzene rings is 2. The highest BCUT2D eigenvalue weighted by Crippen LogP contribution is 2.30. The molecule has 0 radical (unpaired) electrons. The number of amides is 4. The quantitative estimate of drug-likeness (QED) is 0.601. The molecule has 0 bridgehead atoms. The molecule has 1 saturated heterocycles. The zero-order valence-corrected chi connectivity index (χ0v) is 15.3. The summed E-state index contributed by atoms with van der Waals surface area (Å²) in [6.45, 7) is 0. The Morgan fingerprint density at radius 3 is 2.44 bits per heavy atom. The van der Waals surface area contributed by atoms with Crippen LogP contribution in [0, 0.1) is 0 Å². The third-order valence-electron chi connectivity index (χ3n) is 3.80. The van der Waals surface area contributed by atoms with Gasteiger partial charge >= 0.3 is 6.03 Å². The lowest BCUT2D eigenvalue weighted by Gasteiger charge is -2.26. The number of hydrogen-bond acceptors (Lipinski definition) is 5. The van der Waals surface area contributed by atoms with Crippen molar-refractivity contribution in [2.24, 2.45) is 0 Å². The van der Waals surface area contributed by atoms with Crippen molar-refractivity contribution in [3.63, 3.8) is 0 Å². The maximum atomic E-state index is 12.8. The lowest BCUT2D eigenvalue weighted by molar-refractivity contribution is -0.122. The van der Waals surface area contributed by atoms with Crippen molar-refractivity contribution in [3.05, 3.63) is 57.6 Å². The smallest absolute Gasteiger partial charge is 0.335 e. The molecule has 4 amide bonds. The predicted molar refractivity (Wildman–Crippen MR) is 100 cm³/mol. The zero-order valence-electron chi connectivity index (χ0n) is 13.8. The predicted octanol–water partition coefficient (Wildman–Crippen LogP) is 3.37. The number of carbonyl (C=O) groups is 3. The van der Waals surface area contributed by atoms with Gasteiger partial charge in [0.1, 0.15) is 17.1 Å². The number of hydrogen-bond donors (Lipinski definition) is 2. The lowest BCUT2D eigenvalue weighted by atomic mass is 10.1. The maximum absolute atomic E-state index is 12.8. The van der Waals surface area contributed by atoms with E-state index in [0.717, 1.165) is 4.90 Å². The number of rotatable bonds is 3. The number of nitrogens with one attached hydrogen (secondary N) is 1. The fourth-order valence-corrected chi connectivity index (χ4v) is 2.74. The van der Waals surface area contributed by atoms with Crippen molar-refractivity contribution in [3.8, 4) is 11.5 Å². The van der Waals surface area contributed by atoms with Gasteiger partial charge in [-0.1, -0.05) is 23.2 Å². The van der Waals surface area contributed by atoms with Gasteiger partial charge in [-0.3, -0.25) is 14.9 Å². The Morgan fingerprint density at radius 1 is 1.07 bits per heavy atom. The summed E-state index contributed by atoms with van der Waals surface area (Å²) in [5.41, 5.74) is 0.0168. The first-order valence-corrected chi connectivity index (χ1v) is 8.31. The molecule has 2 aromatic carbocycles. The van der Waals surface area contributed by atoms with Gasteiger partial charge in [0.05, 0.1) is 22.8 Å². The Kier molecular flexibility index (Phi) is 5.07. The molecule has 0 aromatic heterocycles. The molecule has 3 rings (SSSR count). The van der Waals surface area contributed by atoms with Crippen molar-refractivity contribution < 1.29 is 24.2 Å². The van der Waals surface area contributed by atoms with E-state index in [1.165, 1.54) is 43.5 Å². The van der Waals surface area contributed by atoms with Crippen LogP contribution in [0.5, 0.6) is 11.5 Å². The number of methoxy groups -OCH3 is 1. The Hall–Kier alpha value is -3.03. The molecule has 0 saturated carbocycles. The van der Waals surface area contributed by atoms with Crippen LogP contribution in [0.3, 0.4) is 0 Å². The van der Waals surface area contributed by atoms with E-state index in [9.17, 15) is 19.5 Å². The van der Waals surface area contributed by atoms with Crippen LogP contribution in [-0.4, -0.2) is 30.1 Å². The van der Waals surface area contributed by atoms with Gasteiger partial charge in [0, 0.05) is 11.6 Å². The number of urea groups is 1. The molecule has 1 heterocycles. The Labute approximate surface area is 163 Å². The number of imide groups is 2. The van der Waals surface area contributed by atoms with E-state index >= 15 is 0 Å². The molecule has 2 N–H and O–H groups in total. The van der Waals surface area contributed by atoms with Crippen molar-refractivity contribution in [2.45, 2.75) is 0 Å². The molecular formula is C18H12Cl2N2O5. The Balaban J connectivity index is 2.03. The van der Waals surface area contributed by atoms with Crippen molar-refractivity contribution in [1.29, 1.82) is 0 Å². The minimum Gasteiger partial charge on any atom is -0.507 e. The fraction of sp³-hybridized carbons (Fsp3) is 0.0556. The highest BCUT2D eigenvalue weighted by Gasteiger charge is 2.37. The normalized spacial score (nSPS) is 15.9. The number of aromatic hydroxyl groups is 1. The number of phenolic OH excluding ortho intramolecular Hbond substituents is 1. The summed E-state index contributed by atoms with van der Waals surface area (Å²) in [4.78, 5) is 37.9. The summed E-state index contributed by atoms with van der Waals surface area (Å²) in [5, 5.41) is 12.5. The molecule has 7 nitrogen and oxygen atoms in total. The third kappa shape index (κ3) is 3.60. The van der Waals surface area contributed by atoms with Crippen LogP contribution in [-0.2, 0) is 9.59 Å². The second kappa shape index (κ2) is 7.30. The average Bonchev–Trinajstić information content (AvgIpc) is 2.62. The molecule has 0 atom stereocenters. The summed E-state index contributed by atoms with van der Waals surface area (Å²) in [7, 11) is 1.44. The van der Waals surface area contributed by atoms with E-state index in [0.29, 0.717) is 5.75 Å². The van der Waals surface area contributed by atoms with Gasteiger partial charge in [-0.2, -0.15) is 0 Å². The fourth-order valence-electron chi connectivity index (χ4n) is 2.44. The van der Waals surface area contributed by atoms with Gasteiger partial charge in [0.2, 0.25) is 0 Å². The summed E-state index contributed by atoms with van der Waals surface area (Å²) < 4.78 is 4.99. The van der Waals surface area contributed by atoms with Crippen LogP contribution in [0.25, 0.3) is 6.08 Å². The average molecular weight is 407 g/mol. The van der Waals surface area contributed by atoms with Crippen LogP contribution in [0.15, 0.2) is 42.0 Å². The van der Waals surface area contributed by atoms with Gasteiger partial charge in [-0.15, -0.1) is 0 Å². The van der Waals surface area contributed by atoms with E-state index < -0.39 is 17.8 Å². The van der Waals surface area contributed by atoms with E-state index in [1.54, 1.807) is 6.07 Å². The number of carbonyl (C=O) groups excluding carboxylic acids is 3. The molecular weight excluding hydrogens is 395 g/mol. The van der Waals surface area contributed by atoms with E-state index in [1.807, 2.05) is 0 Å². The molecule has 0 spiro atoms. The number of anilines is 1. The highest BCUT2D eigenvalue weighted by molar-refractivity contribution is 6.43. The van der Waals surface area contributed by atoms with Crippen LogP contribution >= 0.6 is 23.2 Å². The summed E-state index contributed by atoms with van der Waals surface area (Å²) in [6.07, 6.45) is 1.18. The highest BCUT2D eigenvalue weighted by atomic mass is 35.5. The number of phenols is 1. The number of halogens is 2. The van der Waals surface area contributed by atoms with E-state index in [4.69, 9.17) is 27.9 Å². The lowest BCUT2D eigenvalue weighted by Crippen LogP contribution is -2.54. The monoisotopic (exact) mass is 406 g/mol. The molecule has 9 heteroatoms. The number of barbiturate groups is 1. The van der Waals surface area contributed by atoms with Crippen molar-refractivity contribution in [1.82, 2.24) is 5.32 Å². The molecule has 1 fully saturated rings. The summed E-state index contributed by atoms with van der Waals surface area (Å²) in [5.74, 6) is -1.53. The third-order valence-corrected chi connectivity index (χ3v) is 4.54. The van der Waals surface area contributed by atoms with Gasteiger partial charge in [0.15, 0.2) is 0 Å². The zero-order chi connectivity index (χ0) is 19.7. The van der Waals surface area contributed by atoms with E-state index in [-0.39, 0.29) is 32.6 Å². The van der Waals surface area contributed by atoms with Crippen LogP contribution < -0.4 is 15.0 Å². The van der Waals surface area contributed by atoms with Gasteiger partial charge < -0.3 is 9.84 Å². The molecule has 0 aliphatic carbocycles. The Morgan fingerprint density at radius 2 is 1.81 bits per heavy atom. The first-order valence-electron chi connectivity index (χ1n) is 7.55. The second-order valence-electron chi connectivity index (χ2n) is 5.48. The topological polar surface area (TPSA) is 95.9 Å². The second-order valence-corrected chi connectivity index (χ2v) is 6.30. The van der Waals surface area contributed by atoms with Crippen LogP contribution in [0.1, 0.15) is 5.56 Å². The van der Waals surface area contributed by atoms with E-state index in [2.05, 4.69) is 5.32 Å². The van der Waals surface area contributed by atoms with Gasteiger partial charge in [0.25, 0.3) is 11.8 Å². The van der Waals surface area contributed by atoms with Crippen LogP contribution in [0.2, 0.25) is 10.0 Å². The minimum absolute atomic E-state index is 0.143. The molecule has 0 unspecified atom stereocenters. The molecule has 138 valence electrons. The van der Waals surface area contributed by atoms with Crippen LogP contribution in [0.4, 0.5) is 10.5 Å². The maximum Gasteiger partial charge on any atom is 0.335 e. The largest absolute Gasteiger partial charge is 0.507 e. The Bertz CT molecular complexity index is 1000. The minimum atomic E-state index is -0.917. The summed E-state index contributed by atoms with van der Waals surface area (Å²) >= 11 is 11.8. The van der Waals surface area contributed by atoms with Gasteiger partial charge in [-0.25, -0.2) is 9.69 Å². The summed E-state index contributed by atoms with van der Waals surface area (Å²) in [6, 6.07) is 7.62. The SMILES string of the molecule is COc1ccc(/C=C2\C(=O)NC(=O)N(c3ccc(Cl)c(Cl)c3)C2=O)c(O)c1. The first-order chi connectivity index (χ1) is 12.8. The standard InChI is InChI=1S/C18H12Cl2N2O5/c1-27-11-4-2-9(15(23)8-11)6-12-16(24)21-18(26)22(17(12)25)10-3-5-13(19)14(20)7-10/h2-8,23H,1H3,(H,21,24,26)/b12-6+. The van der Waals surface area contributed by atoms with Crippen molar-refractivity contribution >= 4 is 52.8 Å². The molecule has 1 aliphatic heterocycles. The number of nitrogens with zero attached hydrogens (tertiary/aromatic N) is 1. The molecule has 27 heavy (non-hydrogen) atoms.